The second-order valence-electron chi connectivity index (χ2n) is 16.9. The maximum absolute atomic E-state index is 13.0. The Labute approximate surface area is 355 Å². The molecule has 340 valence electrons. The molecule has 1 fully saturated rings. The van der Waals surface area contributed by atoms with Crippen LogP contribution in [0, 0.1) is 0 Å². The molecule has 1 aliphatic heterocycles. The second kappa shape index (κ2) is 39.5. The Morgan fingerprint density at radius 1 is 0.569 bits per heavy atom. The number of hydrogen-bond donors (Lipinski definition) is 6. The summed E-state index contributed by atoms with van der Waals surface area (Å²) in [5, 5.41) is 54.2. The summed E-state index contributed by atoms with van der Waals surface area (Å²) in [6, 6.07) is -0.822. The highest BCUT2D eigenvalue weighted by molar-refractivity contribution is 5.76. The van der Waals surface area contributed by atoms with Gasteiger partial charge in [0.2, 0.25) is 5.91 Å². The number of aliphatic hydroxyl groups is 5. The number of nitrogens with one attached hydrogen (secondary N) is 1. The summed E-state index contributed by atoms with van der Waals surface area (Å²) in [4.78, 5) is 13.0. The summed E-state index contributed by atoms with van der Waals surface area (Å²) in [6.07, 6.45) is 41.9. The monoisotopic (exact) mass is 822 g/mol. The Morgan fingerprint density at radius 2 is 0.983 bits per heavy atom. The fourth-order valence-corrected chi connectivity index (χ4v) is 7.52. The first-order valence-electron chi connectivity index (χ1n) is 24.2. The van der Waals surface area contributed by atoms with Gasteiger partial charge in [-0.05, 0) is 57.8 Å². The van der Waals surface area contributed by atoms with Crippen LogP contribution in [0.1, 0.15) is 213 Å². The normalized spacial score (nSPS) is 21.1. The molecule has 9 nitrogen and oxygen atoms in total. The quantitative estimate of drug-likeness (QED) is 0.0264. The molecule has 0 spiro atoms. The zero-order chi connectivity index (χ0) is 42.3. The van der Waals surface area contributed by atoms with E-state index in [4.69, 9.17) is 9.47 Å². The van der Waals surface area contributed by atoms with Crippen LogP contribution in [0.3, 0.4) is 0 Å². The van der Waals surface area contributed by atoms with Crippen molar-refractivity contribution in [3.05, 3.63) is 36.5 Å². The minimum Gasteiger partial charge on any atom is -0.394 e. The summed E-state index contributed by atoms with van der Waals surface area (Å²) in [6.45, 7) is 3.75. The number of rotatable bonds is 40. The number of ether oxygens (including phenoxy) is 2. The molecule has 1 amide bonds. The van der Waals surface area contributed by atoms with Crippen LogP contribution in [0.5, 0.6) is 0 Å². The van der Waals surface area contributed by atoms with Crippen molar-refractivity contribution in [2.75, 3.05) is 13.2 Å². The van der Waals surface area contributed by atoms with E-state index in [2.05, 4.69) is 43.5 Å². The van der Waals surface area contributed by atoms with Crippen molar-refractivity contribution in [3.8, 4) is 0 Å². The van der Waals surface area contributed by atoms with Crippen molar-refractivity contribution in [2.45, 2.75) is 256 Å². The molecule has 1 aliphatic rings. The minimum absolute atomic E-state index is 0.191. The van der Waals surface area contributed by atoms with Gasteiger partial charge in [0.1, 0.15) is 24.4 Å². The van der Waals surface area contributed by atoms with Crippen LogP contribution in [-0.2, 0) is 14.3 Å². The van der Waals surface area contributed by atoms with Crippen molar-refractivity contribution in [3.63, 3.8) is 0 Å². The summed E-state index contributed by atoms with van der Waals surface area (Å²) >= 11 is 0. The van der Waals surface area contributed by atoms with Crippen LogP contribution in [0.2, 0.25) is 0 Å². The van der Waals surface area contributed by atoms with Gasteiger partial charge in [-0.2, -0.15) is 0 Å². The molecule has 0 radical (unpaired) electrons. The molecule has 0 aromatic carbocycles. The Bertz CT molecular complexity index is 1000. The first kappa shape index (κ1) is 54.4. The van der Waals surface area contributed by atoms with E-state index in [9.17, 15) is 30.3 Å². The molecule has 0 aromatic rings. The number of allylic oxidation sites excluding steroid dienone is 5. The Kier molecular flexibility index (Phi) is 37.1. The van der Waals surface area contributed by atoms with Crippen LogP contribution in [0.25, 0.3) is 0 Å². The smallest absolute Gasteiger partial charge is 0.220 e. The van der Waals surface area contributed by atoms with Crippen LogP contribution in [-0.4, -0.2) is 87.5 Å². The van der Waals surface area contributed by atoms with Gasteiger partial charge in [0.25, 0.3) is 0 Å². The average Bonchev–Trinajstić information content (AvgIpc) is 3.22. The zero-order valence-electron chi connectivity index (χ0n) is 37.3. The summed E-state index contributed by atoms with van der Waals surface area (Å²) in [5.41, 5.74) is 0. The van der Waals surface area contributed by atoms with E-state index in [-0.39, 0.29) is 12.5 Å². The Hall–Kier alpha value is -1.59. The molecule has 1 saturated heterocycles. The first-order valence-corrected chi connectivity index (χ1v) is 24.2. The van der Waals surface area contributed by atoms with Crippen LogP contribution < -0.4 is 5.32 Å². The lowest BCUT2D eigenvalue weighted by molar-refractivity contribution is -0.302. The van der Waals surface area contributed by atoms with Crippen LogP contribution in [0.4, 0.5) is 0 Å². The van der Waals surface area contributed by atoms with Crippen LogP contribution in [0.15, 0.2) is 36.5 Å². The fourth-order valence-electron chi connectivity index (χ4n) is 7.52. The molecule has 0 saturated carbocycles. The number of hydrogen-bond acceptors (Lipinski definition) is 8. The van der Waals surface area contributed by atoms with Gasteiger partial charge in [0.15, 0.2) is 6.29 Å². The van der Waals surface area contributed by atoms with Gasteiger partial charge in [0, 0.05) is 6.42 Å². The predicted octanol–water partition coefficient (Wildman–Crippen LogP) is 10.5. The van der Waals surface area contributed by atoms with Gasteiger partial charge >= 0.3 is 0 Å². The molecule has 0 aromatic heterocycles. The second-order valence-corrected chi connectivity index (χ2v) is 16.9. The molecule has 1 rings (SSSR count). The molecule has 6 N–H and O–H groups in total. The molecular formula is C49H91NO8. The zero-order valence-corrected chi connectivity index (χ0v) is 37.3. The van der Waals surface area contributed by atoms with E-state index >= 15 is 0 Å². The number of unbranched alkanes of at least 4 members (excludes halogenated alkanes) is 26. The van der Waals surface area contributed by atoms with Crippen molar-refractivity contribution < 1.29 is 39.8 Å². The minimum atomic E-state index is -1.57. The number of carbonyl (C=O) groups is 1. The van der Waals surface area contributed by atoms with Gasteiger partial charge in [-0.1, -0.05) is 185 Å². The van der Waals surface area contributed by atoms with E-state index in [0.29, 0.717) is 6.42 Å². The standard InChI is InChI=1S/C49H91NO8/c1-3-5-7-9-11-13-15-17-19-20-21-22-23-24-25-27-29-31-33-35-37-39-45(53)50-42(41-57-49-48(56)47(55)46(54)44(40-51)58-49)43(52)38-36-34-32-30-28-26-18-16-14-12-10-8-6-4-2/h22-23,28,30,36,38,42-44,46-49,51-52,54-56H,3-21,24-27,29,31-35,37,39-41H2,1-2H3,(H,50,53)/b23-22-,30-28+,38-36+. The molecule has 9 heteroatoms. The van der Waals surface area contributed by atoms with Crippen molar-refractivity contribution in [1.82, 2.24) is 5.32 Å². The molecule has 1 heterocycles. The van der Waals surface area contributed by atoms with Gasteiger partial charge in [-0.15, -0.1) is 0 Å². The fraction of sp³-hybridized carbons (Fsp3) is 0.857. The van der Waals surface area contributed by atoms with Crippen LogP contribution >= 0.6 is 0 Å². The summed E-state index contributed by atoms with van der Waals surface area (Å²) in [5.74, 6) is -0.191. The number of aliphatic hydroxyl groups excluding tert-OH is 5. The highest BCUT2D eigenvalue weighted by Gasteiger charge is 2.44. The van der Waals surface area contributed by atoms with Gasteiger partial charge in [-0.25, -0.2) is 0 Å². The van der Waals surface area contributed by atoms with Gasteiger partial charge in [0.05, 0.1) is 25.4 Å². The lowest BCUT2D eigenvalue weighted by Gasteiger charge is -2.40. The van der Waals surface area contributed by atoms with E-state index in [0.717, 1.165) is 51.4 Å². The third-order valence-corrected chi connectivity index (χ3v) is 11.4. The van der Waals surface area contributed by atoms with E-state index < -0.39 is 49.5 Å². The summed E-state index contributed by atoms with van der Waals surface area (Å²) in [7, 11) is 0. The lowest BCUT2D eigenvalue weighted by atomic mass is 9.99. The Balaban J connectivity index is 2.33. The SMILES string of the molecule is CCCCCCCCCC/C=C/CC/C=C/C(O)C(COC1OC(CO)C(O)C(O)C1O)NC(=O)CCCCCCCCC/C=C\CCCCCCCCCCCC. The van der Waals surface area contributed by atoms with E-state index in [1.54, 1.807) is 6.08 Å². The van der Waals surface area contributed by atoms with Gasteiger partial charge in [-0.3, -0.25) is 4.79 Å². The molecule has 7 atom stereocenters. The lowest BCUT2D eigenvalue weighted by Crippen LogP contribution is -2.60. The maximum atomic E-state index is 13.0. The first-order chi connectivity index (χ1) is 28.3. The highest BCUT2D eigenvalue weighted by Crippen LogP contribution is 2.22. The van der Waals surface area contributed by atoms with Crippen molar-refractivity contribution >= 4 is 5.91 Å². The topological polar surface area (TPSA) is 149 Å². The molecule has 7 unspecified atom stereocenters. The third-order valence-electron chi connectivity index (χ3n) is 11.4. The average molecular weight is 822 g/mol. The van der Waals surface area contributed by atoms with Crippen molar-refractivity contribution in [1.29, 1.82) is 0 Å². The molecule has 0 aliphatic carbocycles. The molecular weight excluding hydrogens is 731 g/mol. The van der Waals surface area contributed by atoms with E-state index in [1.165, 1.54) is 141 Å². The number of amides is 1. The predicted molar refractivity (Wildman–Crippen MR) is 240 cm³/mol. The molecule has 58 heavy (non-hydrogen) atoms. The van der Waals surface area contributed by atoms with E-state index in [1.807, 2.05) is 6.08 Å². The van der Waals surface area contributed by atoms with Gasteiger partial charge < -0.3 is 40.3 Å². The highest BCUT2D eigenvalue weighted by atomic mass is 16.7. The maximum Gasteiger partial charge on any atom is 0.220 e. The molecule has 0 bridgehead atoms. The third kappa shape index (κ3) is 29.6. The largest absolute Gasteiger partial charge is 0.394 e. The van der Waals surface area contributed by atoms with Crippen molar-refractivity contribution in [2.24, 2.45) is 0 Å². The summed E-state index contributed by atoms with van der Waals surface area (Å²) < 4.78 is 11.2. The number of carbonyl (C=O) groups excluding carboxylic acids is 1. The Morgan fingerprint density at radius 3 is 1.45 bits per heavy atom.